The van der Waals surface area contributed by atoms with Gasteiger partial charge in [0.2, 0.25) is 0 Å². The Kier molecular flexibility index (Phi) is 6.38. The van der Waals surface area contributed by atoms with Crippen LogP contribution in [0, 0.1) is 23.2 Å². The predicted octanol–water partition coefficient (Wildman–Crippen LogP) is -0.158. The number of rotatable bonds is 1. The summed E-state index contributed by atoms with van der Waals surface area (Å²) in [5, 5.41) is 0. The van der Waals surface area contributed by atoms with E-state index >= 15 is 0 Å². The topological polar surface area (TPSA) is 133 Å². The van der Waals surface area contributed by atoms with Gasteiger partial charge in [0.05, 0.1) is 7.11 Å². The molecule has 3 fully saturated rings. The van der Waals surface area contributed by atoms with Gasteiger partial charge in [-0.3, -0.25) is 4.79 Å². The largest absolute Gasteiger partial charge is 0.493 e. The molecule has 0 amide bonds. The third-order valence-electron chi connectivity index (χ3n) is 6.72. The highest BCUT2D eigenvalue weighted by molar-refractivity contribution is 5.96. The maximum atomic E-state index is 12.6. The minimum Gasteiger partial charge on any atom is -0.493 e. The number of carbonyl (C=O) groups excluding carboxylic acids is 1. The average molecular weight is 390 g/mol. The smallest absolute Gasteiger partial charge is 0.196 e. The number of methoxy groups -OCH3 is 1. The first-order valence-corrected chi connectivity index (χ1v) is 8.22. The van der Waals surface area contributed by atoms with Crippen molar-refractivity contribution < 1.29 is 30.7 Å². The molecule has 6 atom stereocenters. The zero-order valence-electron chi connectivity index (χ0n) is 14.9. The lowest BCUT2D eigenvalue weighted by Gasteiger charge is -2.59. The summed E-state index contributed by atoms with van der Waals surface area (Å²) in [4.78, 5) is 15.0. The van der Waals surface area contributed by atoms with Crippen LogP contribution in [0.3, 0.4) is 0 Å². The van der Waals surface area contributed by atoms with E-state index in [4.69, 9.17) is 9.47 Å². The fourth-order valence-corrected chi connectivity index (χ4v) is 5.83. The van der Waals surface area contributed by atoms with Crippen LogP contribution in [0.2, 0.25) is 0 Å². The van der Waals surface area contributed by atoms with Gasteiger partial charge >= 0.3 is 0 Å². The summed E-state index contributed by atoms with van der Waals surface area (Å²) in [5.74, 6) is 3.07. The summed E-state index contributed by atoms with van der Waals surface area (Å²) in [5.41, 5.74) is -0.0597. The van der Waals surface area contributed by atoms with E-state index in [1.165, 1.54) is 0 Å². The van der Waals surface area contributed by atoms with Gasteiger partial charge in [0, 0.05) is 23.3 Å². The predicted molar refractivity (Wildman–Crippen MR) is 98.8 cm³/mol. The molecule has 3 aliphatic carbocycles. The van der Waals surface area contributed by atoms with Crippen molar-refractivity contribution in [2.75, 3.05) is 20.7 Å². The number of allylic oxidation sites excluding steroid dienone is 3. The second-order valence-corrected chi connectivity index (χ2v) is 7.36. The lowest BCUT2D eigenvalue weighted by molar-refractivity contribution is -0.140. The molecular formula is C18H28ClNO6. The highest BCUT2D eigenvalue weighted by Crippen LogP contribution is 2.66. The summed E-state index contributed by atoms with van der Waals surface area (Å²) >= 11 is 0. The fraction of sp³-hybridized carbons (Fsp3) is 0.611. The highest BCUT2D eigenvalue weighted by Gasteiger charge is 2.69. The Balaban J connectivity index is 0.000000845. The second kappa shape index (κ2) is 7.32. The van der Waals surface area contributed by atoms with Gasteiger partial charge in [-0.15, -0.1) is 12.4 Å². The van der Waals surface area contributed by atoms with Crippen LogP contribution in [0.25, 0.3) is 0 Å². The van der Waals surface area contributed by atoms with Crippen molar-refractivity contribution in [3.8, 4) is 0 Å². The first-order valence-electron chi connectivity index (χ1n) is 8.22. The Labute approximate surface area is 159 Å². The quantitative estimate of drug-likeness (QED) is 0.616. The van der Waals surface area contributed by atoms with Gasteiger partial charge in [0.15, 0.2) is 17.6 Å². The van der Waals surface area contributed by atoms with Gasteiger partial charge in [0.1, 0.15) is 5.76 Å². The molecule has 1 spiro atoms. The van der Waals surface area contributed by atoms with E-state index in [0.717, 1.165) is 30.9 Å². The Hall–Kier alpha value is -1.38. The molecule has 148 valence electrons. The zero-order valence-corrected chi connectivity index (χ0v) is 15.7. The number of hydrogen-bond acceptors (Lipinski definition) is 4. The molecule has 2 unspecified atom stereocenters. The molecule has 0 aromatic rings. The van der Waals surface area contributed by atoms with Gasteiger partial charge in [-0.25, -0.2) is 0 Å². The molecule has 2 aliphatic heterocycles. The molecule has 0 aromatic carbocycles. The lowest BCUT2D eigenvalue weighted by Crippen LogP contribution is -2.64. The zero-order chi connectivity index (χ0) is 15.1. The summed E-state index contributed by atoms with van der Waals surface area (Å²) in [6, 6.07) is 0.513. The van der Waals surface area contributed by atoms with Crippen molar-refractivity contribution in [1.29, 1.82) is 0 Å². The number of halogens is 1. The molecular weight excluding hydrogens is 362 g/mol. The average Bonchev–Trinajstić information content (AvgIpc) is 2.88. The monoisotopic (exact) mass is 389 g/mol. The van der Waals surface area contributed by atoms with Gasteiger partial charge in [0.25, 0.3) is 0 Å². The summed E-state index contributed by atoms with van der Waals surface area (Å²) < 4.78 is 11.8. The van der Waals surface area contributed by atoms with Crippen LogP contribution >= 0.6 is 12.4 Å². The van der Waals surface area contributed by atoms with E-state index in [9.17, 15) is 4.79 Å². The van der Waals surface area contributed by atoms with Crippen LogP contribution in [-0.4, -0.2) is 60.0 Å². The number of hydrogen-bond donors (Lipinski definition) is 0. The first kappa shape index (κ1) is 22.7. The molecule has 1 saturated carbocycles. The Morgan fingerprint density at radius 1 is 1.23 bits per heavy atom. The molecule has 7 nitrogen and oxygen atoms in total. The highest BCUT2D eigenvalue weighted by atomic mass is 35.5. The van der Waals surface area contributed by atoms with Crippen molar-refractivity contribution in [2.24, 2.45) is 23.2 Å². The molecule has 6 N–H and O–H groups in total. The maximum Gasteiger partial charge on any atom is 0.196 e. The third kappa shape index (κ3) is 2.38. The molecule has 26 heavy (non-hydrogen) atoms. The number of ketones is 1. The van der Waals surface area contributed by atoms with E-state index in [0.29, 0.717) is 23.8 Å². The lowest BCUT2D eigenvalue weighted by atomic mass is 9.48. The van der Waals surface area contributed by atoms with Crippen LogP contribution < -0.4 is 0 Å². The molecule has 5 rings (SSSR count). The second-order valence-electron chi connectivity index (χ2n) is 7.36. The number of carbonyl (C=O) groups is 1. The van der Waals surface area contributed by atoms with Crippen LogP contribution in [-0.2, 0) is 14.3 Å². The normalized spacial score (nSPS) is 40.8. The molecule has 2 heterocycles. The number of piperidine rings is 1. The summed E-state index contributed by atoms with van der Waals surface area (Å²) in [6.07, 6.45) is 10.1. The molecule has 2 saturated heterocycles. The van der Waals surface area contributed by atoms with Crippen LogP contribution in [0.1, 0.15) is 12.8 Å². The molecule has 0 aromatic heterocycles. The summed E-state index contributed by atoms with van der Waals surface area (Å²) in [7, 11) is 3.91. The molecule has 5 aliphatic rings. The Morgan fingerprint density at radius 3 is 2.65 bits per heavy atom. The fourth-order valence-electron chi connectivity index (χ4n) is 5.83. The van der Waals surface area contributed by atoms with E-state index in [-0.39, 0.29) is 46.1 Å². The molecule has 8 heteroatoms. The van der Waals surface area contributed by atoms with Gasteiger partial charge in [-0.2, -0.15) is 0 Å². The van der Waals surface area contributed by atoms with E-state index in [1.54, 1.807) is 13.2 Å². The SMILES string of the molecule is COC1=C2O[C@H]3C(=O)C=C[C@H]4[C@H]5CC(C=C1)C2[C@@]34CCN5C.Cl.O.O.O. The maximum absolute atomic E-state index is 12.6. The Morgan fingerprint density at radius 2 is 1.96 bits per heavy atom. The number of likely N-dealkylation sites (tertiary alicyclic amines) is 1. The van der Waals surface area contributed by atoms with Crippen molar-refractivity contribution in [1.82, 2.24) is 4.90 Å². The van der Waals surface area contributed by atoms with Crippen molar-refractivity contribution in [3.63, 3.8) is 0 Å². The molecule has 2 bridgehead atoms. The minimum absolute atomic E-state index is 0. The van der Waals surface area contributed by atoms with E-state index in [1.807, 2.05) is 6.08 Å². The van der Waals surface area contributed by atoms with Crippen LogP contribution in [0.5, 0.6) is 0 Å². The summed E-state index contributed by atoms with van der Waals surface area (Å²) in [6.45, 7) is 1.05. The van der Waals surface area contributed by atoms with Crippen molar-refractivity contribution in [2.45, 2.75) is 25.0 Å². The third-order valence-corrected chi connectivity index (χ3v) is 6.72. The molecule has 0 radical (unpaired) electrons. The standard InChI is InChI=1S/C18H21NO3.ClH.3H2O/c1-19-8-7-18-11-4-5-13(20)17(18)22-16-14(21-2)6-3-10(15(16)18)9-12(11)19;;;;/h3-6,10-12,15,17H,7-9H2,1-2H3;1H;3*1H2/t10?,11-,12+,15?,17-,18-;;;;/m0..../s1. The first-order chi connectivity index (χ1) is 10.7. The number of nitrogens with zero attached hydrogens (tertiary/aromatic N) is 1. The van der Waals surface area contributed by atoms with Crippen molar-refractivity contribution in [3.05, 3.63) is 35.8 Å². The van der Waals surface area contributed by atoms with Gasteiger partial charge in [-0.1, -0.05) is 12.2 Å². The van der Waals surface area contributed by atoms with Crippen LogP contribution in [0.4, 0.5) is 0 Å². The van der Waals surface area contributed by atoms with Crippen LogP contribution in [0.15, 0.2) is 35.8 Å². The van der Waals surface area contributed by atoms with Crippen molar-refractivity contribution >= 4 is 18.2 Å². The number of ether oxygens (including phenoxy) is 2. The van der Waals surface area contributed by atoms with E-state index < -0.39 is 0 Å². The van der Waals surface area contributed by atoms with Gasteiger partial charge < -0.3 is 30.8 Å². The Bertz CT molecular complexity index is 662. The van der Waals surface area contributed by atoms with Gasteiger partial charge in [-0.05, 0) is 44.5 Å². The minimum atomic E-state index is -0.313. The van der Waals surface area contributed by atoms with E-state index in [2.05, 4.69) is 24.1 Å².